The smallest absolute Gasteiger partial charge is 0.0766 e. The van der Waals surface area contributed by atoms with Crippen LogP contribution in [-0.2, 0) is 6.54 Å². The van der Waals surface area contributed by atoms with Crippen LogP contribution in [0.4, 0.5) is 0 Å². The molecule has 21 heavy (non-hydrogen) atoms. The minimum Gasteiger partial charge on any atom is -0.307 e. The highest BCUT2D eigenvalue weighted by Crippen LogP contribution is 2.11. The van der Waals surface area contributed by atoms with Gasteiger partial charge in [-0.3, -0.25) is 0 Å². The zero-order valence-corrected chi connectivity index (χ0v) is 12.7. The van der Waals surface area contributed by atoms with Crippen LogP contribution in [0.25, 0.3) is 5.69 Å². The molecule has 1 fully saturated rings. The second-order valence-corrected chi connectivity index (χ2v) is 5.70. The molecule has 1 aliphatic heterocycles. The molecule has 0 saturated carbocycles. The third kappa shape index (κ3) is 3.71. The van der Waals surface area contributed by atoms with E-state index in [4.69, 9.17) is 0 Å². The molecular formula is C17H24N4. The molecule has 0 bridgehead atoms. The van der Waals surface area contributed by atoms with E-state index in [2.05, 4.69) is 40.4 Å². The van der Waals surface area contributed by atoms with Crippen LogP contribution in [0.3, 0.4) is 0 Å². The monoisotopic (exact) mass is 284 g/mol. The summed E-state index contributed by atoms with van der Waals surface area (Å²) in [6.07, 6.45) is 4.60. The molecule has 3 rings (SSSR count). The Kier molecular flexibility index (Phi) is 4.68. The molecule has 1 atom stereocenters. The number of nitrogens with one attached hydrogen (secondary N) is 1. The summed E-state index contributed by atoms with van der Waals surface area (Å²) in [5.41, 5.74) is 2.21. The van der Waals surface area contributed by atoms with Gasteiger partial charge in [0.1, 0.15) is 0 Å². The van der Waals surface area contributed by atoms with Crippen molar-refractivity contribution >= 4 is 0 Å². The second kappa shape index (κ2) is 6.87. The fraction of sp³-hybridized carbons (Fsp3) is 0.471. The fourth-order valence-electron chi connectivity index (χ4n) is 2.94. The van der Waals surface area contributed by atoms with Crippen LogP contribution in [0.5, 0.6) is 0 Å². The highest BCUT2D eigenvalue weighted by atomic mass is 15.3. The molecule has 1 N–H and O–H groups in total. The predicted molar refractivity (Wildman–Crippen MR) is 85.5 cm³/mol. The predicted octanol–water partition coefficient (Wildman–Crippen LogP) is 2.45. The zero-order valence-electron chi connectivity index (χ0n) is 12.7. The Morgan fingerprint density at radius 2 is 2.10 bits per heavy atom. The largest absolute Gasteiger partial charge is 0.307 e. The molecule has 0 radical (unpaired) electrons. The van der Waals surface area contributed by atoms with Crippen LogP contribution in [0.2, 0.25) is 0 Å². The molecule has 0 spiro atoms. The van der Waals surface area contributed by atoms with Crippen LogP contribution < -0.4 is 5.32 Å². The first kappa shape index (κ1) is 14.3. The minimum atomic E-state index is 0.598. The number of piperidine rings is 1. The maximum absolute atomic E-state index is 4.64. The van der Waals surface area contributed by atoms with Gasteiger partial charge in [-0.15, -0.1) is 0 Å². The van der Waals surface area contributed by atoms with Gasteiger partial charge in [0.05, 0.1) is 11.4 Å². The standard InChI is InChI=1S/C17H24N4/c1-2-20-11-6-7-16(14-20)18-13-15-10-12-21(19-15)17-8-4-3-5-9-17/h3-5,8-10,12,16,18H,2,6-7,11,13-14H2,1H3. The Labute approximate surface area is 126 Å². The van der Waals surface area contributed by atoms with E-state index >= 15 is 0 Å². The highest BCUT2D eigenvalue weighted by Gasteiger charge is 2.18. The summed E-state index contributed by atoms with van der Waals surface area (Å²) in [4.78, 5) is 2.52. The van der Waals surface area contributed by atoms with E-state index in [1.54, 1.807) is 0 Å². The number of benzene rings is 1. The zero-order chi connectivity index (χ0) is 14.5. The second-order valence-electron chi connectivity index (χ2n) is 5.70. The highest BCUT2D eigenvalue weighted by molar-refractivity contribution is 5.30. The molecule has 2 aromatic rings. The molecule has 2 heterocycles. The normalized spacial score (nSPS) is 19.8. The number of aromatic nitrogens is 2. The Bertz CT molecular complexity index is 549. The van der Waals surface area contributed by atoms with Crippen molar-refractivity contribution in [2.45, 2.75) is 32.4 Å². The first-order valence-electron chi connectivity index (χ1n) is 7.91. The van der Waals surface area contributed by atoms with Crippen LogP contribution in [-0.4, -0.2) is 40.4 Å². The Morgan fingerprint density at radius 1 is 1.24 bits per heavy atom. The van der Waals surface area contributed by atoms with E-state index in [0.717, 1.165) is 31.0 Å². The number of rotatable bonds is 5. The van der Waals surface area contributed by atoms with Gasteiger partial charge < -0.3 is 10.2 Å². The van der Waals surface area contributed by atoms with Crippen molar-refractivity contribution in [1.29, 1.82) is 0 Å². The van der Waals surface area contributed by atoms with Gasteiger partial charge in [-0.2, -0.15) is 5.10 Å². The molecule has 112 valence electrons. The number of likely N-dealkylation sites (N-methyl/N-ethyl adjacent to an activating group) is 1. The molecule has 4 heteroatoms. The minimum absolute atomic E-state index is 0.598. The van der Waals surface area contributed by atoms with Crippen molar-refractivity contribution < 1.29 is 0 Å². The van der Waals surface area contributed by atoms with E-state index in [0.29, 0.717) is 6.04 Å². The first-order chi connectivity index (χ1) is 10.3. The Balaban J connectivity index is 1.55. The summed E-state index contributed by atoms with van der Waals surface area (Å²) in [7, 11) is 0. The molecule has 1 unspecified atom stereocenters. The van der Waals surface area contributed by atoms with Gasteiger partial charge in [0, 0.05) is 25.3 Å². The van der Waals surface area contributed by atoms with Gasteiger partial charge in [-0.05, 0) is 44.1 Å². The molecule has 0 aliphatic carbocycles. The molecule has 1 aliphatic rings. The molecule has 1 saturated heterocycles. The third-order valence-electron chi connectivity index (χ3n) is 4.19. The van der Waals surface area contributed by atoms with E-state index < -0.39 is 0 Å². The molecule has 4 nitrogen and oxygen atoms in total. The first-order valence-corrected chi connectivity index (χ1v) is 7.91. The fourth-order valence-corrected chi connectivity index (χ4v) is 2.94. The van der Waals surface area contributed by atoms with Crippen molar-refractivity contribution in [2.24, 2.45) is 0 Å². The molecule has 1 aromatic heterocycles. The Morgan fingerprint density at radius 3 is 2.90 bits per heavy atom. The summed E-state index contributed by atoms with van der Waals surface area (Å²) in [5, 5.41) is 8.29. The number of hydrogen-bond acceptors (Lipinski definition) is 3. The van der Waals surface area contributed by atoms with Gasteiger partial charge in [0.15, 0.2) is 0 Å². The topological polar surface area (TPSA) is 33.1 Å². The van der Waals surface area contributed by atoms with E-state index in [-0.39, 0.29) is 0 Å². The van der Waals surface area contributed by atoms with Crippen molar-refractivity contribution in [1.82, 2.24) is 20.0 Å². The van der Waals surface area contributed by atoms with Crippen LogP contribution in [0, 0.1) is 0 Å². The lowest BCUT2D eigenvalue weighted by atomic mass is 10.1. The van der Waals surface area contributed by atoms with Crippen molar-refractivity contribution in [3.8, 4) is 5.69 Å². The van der Waals surface area contributed by atoms with Crippen molar-refractivity contribution in [2.75, 3.05) is 19.6 Å². The quantitative estimate of drug-likeness (QED) is 0.915. The van der Waals surface area contributed by atoms with Gasteiger partial charge in [-0.25, -0.2) is 4.68 Å². The maximum Gasteiger partial charge on any atom is 0.0766 e. The maximum atomic E-state index is 4.64. The van der Waals surface area contributed by atoms with Crippen LogP contribution >= 0.6 is 0 Å². The summed E-state index contributed by atoms with van der Waals surface area (Å²) >= 11 is 0. The van der Waals surface area contributed by atoms with Gasteiger partial charge in [-0.1, -0.05) is 25.1 Å². The van der Waals surface area contributed by atoms with Gasteiger partial charge in [0.2, 0.25) is 0 Å². The average Bonchev–Trinajstić information content (AvgIpc) is 3.03. The van der Waals surface area contributed by atoms with E-state index in [1.165, 1.54) is 19.4 Å². The van der Waals surface area contributed by atoms with E-state index in [1.807, 2.05) is 29.1 Å². The lowest BCUT2D eigenvalue weighted by molar-refractivity contribution is 0.198. The summed E-state index contributed by atoms with van der Waals surface area (Å²) < 4.78 is 1.94. The van der Waals surface area contributed by atoms with E-state index in [9.17, 15) is 0 Å². The lowest BCUT2D eigenvalue weighted by Gasteiger charge is -2.32. The van der Waals surface area contributed by atoms with Gasteiger partial charge in [0.25, 0.3) is 0 Å². The van der Waals surface area contributed by atoms with Crippen LogP contribution in [0.15, 0.2) is 42.6 Å². The number of para-hydroxylation sites is 1. The summed E-state index contributed by atoms with van der Waals surface area (Å²) in [5.74, 6) is 0. The van der Waals surface area contributed by atoms with Gasteiger partial charge >= 0.3 is 0 Å². The molecule has 0 amide bonds. The molecule has 1 aromatic carbocycles. The average molecular weight is 284 g/mol. The summed E-state index contributed by atoms with van der Waals surface area (Å²) in [6, 6.07) is 12.9. The number of likely N-dealkylation sites (tertiary alicyclic amines) is 1. The van der Waals surface area contributed by atoms with Crippen LogP contribution in [0.1, 0.15) is 25.5 Å². The number of nitrogens with zero attached hydrogens (tertiary/aromatic N) is 3. The summed E-state index contributed by atoms with van der Waals surface area (Å²) in [6.45, 7) is 6.65. The lowest BCUT2D eigenvalue weighted by Crippen LogP contribution is -2.45. The van der Waals surface area contributed by atoms with Crippen molar-refractivity contribution in [3.05, 3.63) is 48.3 Å². The third-order valence-corrected chi connectivity index (χ3v) is 4.19. The Hall–Kier alpha value is -1.65. The van der Waals surface area contributed by atoms with Crippen molar-refractivity contribution in [3.63, 3.8) is 0 Å². The molecular weight excluding hydrogens is 260 g/mol. The SMILES string of the molecule is CCN1CCCC(NCc2ccn(-c3ccccc3)n2)C1. The number of hydrogen-bond donors (Lipinski definition) is 1.